The highest BCUT2D eigenvalue weighted by Crippen LogP contribution is 2.16. The number of rotatable bonds is 9. The van der Waals surface area contributed by atoms with Gasteiger partial charge in [0.2, 0.25) is 0 Å². The second kappa shape index (κ2) is 9.73. The highest BCUT2D eigenvalue weighted by molar-refractivity contribution is 4.83. The van der Waals surface area contributed by atoms with Crippen LogP contribution in [0.1, 0.15) is 53.4 Å². The molecule has 1 N–H and O–H groups in total. The lowest BCUT2D eigenvalue weighted by atomic mass is 9.98. The first-order valence-electron chi connectivity index (χ1n) is 8.24. The Hall–Kier alpha value is -0.120. The van der Waals surface area contributed by atoms with E-state index >= 15 is 0 Å². The zero-order valence-corrected chi connectivity index (χ0v) is 13.5. The van der Waals surface area contributed by atoms with E-state index < -0.39 is 0 Å². The summed E-state index contributed by atoms with van der Waals surface area (Å²) in [7, 11) is 0. The largest absolute Gasteiger partial charge is 0.374 e. The topological polar surface area (TPSA) is 24.5 Å². The van der Waals surface area contributed by atoms with Gasteiger partial charge < -0.3 is 10.1 Å². The Kier molecular flexibility index (Phi) is 8.67. The number of nitrogens with zero attached hydrogens (tertiary/aromatic N) is 1. The molecular weight excluding hydrogens is 236 g/mol. The molecule has 0 spiro atoms. The molecule has 0 aliphatic carbocycles. The van der Waals surface area contributed by atoms with E-state index in [1.807, 2.05) is 0 Å². The van der Waals surface area contributed by atoms with Crippen LogP contribution in [-0.4, -0.2) is 49.8 Å². The van der Waals surface area contributed by atoms with E-state index in [1.165, 1.54) is 32.2 Å². The third-order valence-electron chi connectivity index (χ3n) is 3.88. The zero-order chi connectivity index (χ0) is 14.1. The van der Waals surface area contributed by atoms with Crippen LogP contribution in [0.3, 0.4) is 0 Å². The summed E-state index contributed by atoms with van der Waals surface area (Å²) in [6.07, 6.45) is 5.35. The Morgan fingerprint density at radius 3 is 2.63 bits per heavy atom. The number of hydrogen-bond donors (Lipinski definition) is 1. The number of hydrogen-bond acceptors (Lipinski definition) is 3. The standard InChI is InChI=1S/C16H34N2O/c1-5-9-17-15(8-7-14(3)4)16-13-18(10-6-2)11-12-19-16/h14-17H,5-13H2,1-4H3. The van der Waals surface area contributed by atoms with Crippen LogP contribution in [0.15, 0.2) is 0 Å². The van der Waals surface area contributed by atoms with E-state index in [1.54, 1.807) is 0 Å². The summed E-state index contributed by atoms with van der Waals surface area (Å²) in [5.41, 5.74) is 0. The molecule has 2 unspecified atom stereocenters. The molecule has 1 aliphatic rings. The van der Waals surface area contributed by atoms with Gasteiger partial charge in [-0.1, -0.05) is 27.7 Å². The minimum Gasteiger partial charge on any atom is -0.374 e. The van der Waals surface area contributed by atoms with E-state index in [-0.39, 0.29) is 0 Å². The van der Waals surface area contributed by atoms with Crippen molar-refractivity contribution in [2.75, 3.05) is 32.8 Å². The molecule has 0 radical (unpaired) electrons. The summed E-state index contributed by atoms with van der Waals surface area (Å²) < 4.78 is 6.04. The molecule has 1 saturated heterocycles. The summed E-state index contributed by atoms with van der Waals surface area (Å²) in [4.78, 5) is 2.56. The van der Waals surface area contributed by atoms with Crippen LogP contribution in [-0.2, 0) is 4.74 Å². The van der Waals surface area contributed by atoms with Gasteiger partial charge in [0.05, 0.1) is 12.7 Å². The Balaban J connectivity index is 2.46. The summed E-state index contributed by atoms with van der Waals surface area (Å²) in [6, 6.07) is 0.530. The second-order valence-corrected chi connectivity index (χ2v) is 6.24. The SMILES string of the molecule is CCCNC(CCC(C)C)C1CN(CCC)CCO1. The van der Waals surface area contributed by atoms with Crippen LogP contribution < -0.4 is 5.32 Å². The minimum absolute atomic E-state index is 0.380. The molecule has 114 valence electrons. The van der Waals surface area contributed by atoms with Crippen LogP contribution in [0.25, 0.3) is 0 Å². The van der Waals surface area contributed by atoms with Crippen molar-refractivity contribution in [3.05, 3.63) is 0 Å². The normalized spacial score (nSPS) is 22.9. The summed E-state index contributed by atoms with van der Waals surface area (Å²) in [5.74, 6) is 0.779. The molecule has 0 bridgehead atoms. The molecular formula is C16H34N2O. The maximum atomic E-state index is 6.04. The van der Waals surface area contributed by atoms with Gasteiger partial charge >= 0.3 is 0 Å². The fraction of sp³-hybridized carbons (Fsp3) is 1.00. The van der Waals surface area contributed by atoms with Crippen molar-refractivity contribution in [2.24, 2.45) is 5.92 Å². The van der Waals surface area contributed by atoms with Crippen LogP contribution in [0, 0.1) is 5.92 Å². The molecule has 0 aromatic rings. The third-order valence-corrected chi connectivity index (χ3v) is 3.88. The maximum absolute atomic E-state index is 6.04. The first kappa shape index (κ1) is 16.9. The highest BCUT2D eigenvalue weighted by Gasteiger charge is 2.27. The predicted molar refractivity (Wildman–Crippen MR) is 82.6 cm³/mol. The van der Waals surface area contributed by atoms with Crippen LogP contribution >= 0.6 is 0 Å². The van der Waals surface area contributed by atoms with Crippen molar-refractivity contribution in [1.29, 1.82) is 0 Å². The van der Waals surface area contributed by atoms with Gasteiger partial charge in [-0.25, -0.2) is 0 Å². The molecule has 19 heavy (non-hydrogen) atoms. The molecule has 3 nitrogen and oxygen atoms in total. The smallest absolute Gasteiger partial charge is 0.0855 e. The summed E-state index contributed by atoms with van der Waals surface area (Å²) in [5, 5.41) is 3.71. The van der Waals surface area contributed by atoms with E-state index in [0.717, 1.165) is 32.2 Å². The summed E-state index contributed by atoms with van der Waals surface area (Å²) >= 11 is 0. The Labute approximate surface area is 120 Å². The molecule has 0 aromatic heterocycles. The van der Waals surface area contributed by atoms with Crippen molar-refractivity contribution in [1.82, 2.24) is 10.2 Å². The number of ether oxygens (including phenoxy) is 1. The number of morpholine rings is 1. The highest BCUT2D eigenvalue weighted by atomic mass is 16.5. The average molecular weight is 270 g/mol. The van der Waals surface area contributed by atoms with Crippen LogP contribution in [0.5, 0.6) is 0 Å². The van der Waals surface area contributed by atoms with Crippen molar-refractivity contribution in [3.8, 4) is 0 Å². The molecule has 1 heterocycles. The Morgan fingerprint density at radius 1 is 1.21 bits per heavy atom. The quantitative estimate of drug-likeness (QED) is 0.697. The molecule has 2 atom stereocenters. The summed E-state index contributed by atoms with van der Waals surface area (Å²) in [6.45, 7) is 14.5. The lowest BCUT2D eigenvalue weighted by molar-refractivity contribution is -0.0482. The first-order chi connectivity index (χ1) is 9.17. The molecule has 0 saturated carbocycles. The van der Waals surface area contributed by atoms with Gasteiger partial charge in [-0.2, -0.15) is 0 Å². The van der Waals surface area contributed by atoms with Gasteiger partial charge in [-0.3, -0.25) is 4.90 Å². The van der Waals surface area contributed by atoms with Crippen molar-refractivity contribution >= 4 is 0 Å². The van der Waals surface area contributed by atoms with Gasteiger partial charge in [0.25, 0.3) is 0 Å². The Morgan fingerprint density at radius 2 is 2.00 bits per heavy atom. The van der Waals surface area contributed by atoms with Crippen molar-refractivity contribution < 1.29 is 4.74 Å². The monoisotopic (exact) mass is 270 g/mol. The van der Waals surface area contributed by atoms with Gasteiger partial charge in [0.15, 0.2) is 0 Å². The van der Waals surface area contributed by atoms with Crippen LogP contribution in [0.4, 0.5) is 0 Å². The molecule has 1 rings (SSSR count). The van der Waals surface area contributed by atoms with Gasteiger partial charge in [-0.15, -0.1) is 0 Å². The predicted octanol–water partition coefficient (Wildman–Crippen LogP) is 2.90. The fourth-order valence-electron chi connectivity index (χ4n) is 2.76. The molecule has 3 heteroatoms. The first-order valence-corrected chi connectivity index (χ1v) is 8.24. The van der Waals surface area contributed by atoms with Crippen molar-refractivity contribution in [3.63, 3.8) is 0 Å². The number of nitrogens with one attached hydrogen (secondary N) is 1. The molecule has 1 fully saturated rings. The lowest BCUT2D eigenvalue weighted by Gasteiger charge is -2.37. The van der Waals surface area contributed by atoms with Crippen molar-refractivity contribution in [2.45, 2.75) is 65.5 Å². The van der Waals surface area contributed by atoms with E-state index in [9.17, 15) is 0 Å². The van der Waals surface area contributed by atoms with Gasteiger partial charge in [0.1, 0.15) is 0 Å². The zero-order valence-electron chi connectivity index (χ0n) is 13.5. The van der Waals surface area contributed by atoms with E-state index in [2.05, 4.69) is 37.9 Å². The molecule has 0 aromatic carbocycles. The third kappa shape index (κ3) is 6.73. The van der Waals surface area contributed by atoms with E-state index in [4.69, 9.17) is 4.74 Å². The minimum atomic E-state index is 0.380. The second-order valence-electron chi connectivity index (χ2n) is 6.24. The van der Waals surface area contributed by atoms with Crippen LogP contribution in [0.2, 0.25) is 0 Å². The van der Waals surface area contributed by atoms with Gasteiger partial charge in [-0.05, 0) is 44.7 Å². The Bertz CT molecular complexity index is 219. The van der Waals surface area contributed by atoms with E-state index in [0.29, 0.717) is 12.1 Å². The van der Waals surface area contributed by atoms with Gasteiger partial charge in [0, 0.05) is 19.1 Å². The molecule has 1 aliphatic heterocycles. The molecule has 0 amide bonds. The fourth-order valence-corrected chi connectivity index (χ4v) is 2.76. The lowest BCUT2D eigenvalue weighted by Crippen LogP contribution is -2.52. The average Bonchev–Trinajstić information content (AvgIpc) is 2.39. The maximum Gasteiger partial charge on any atom is 0.0855 e.